The molecule has 1 unspecified atom stereocenters. The molecule has 3 nitrogen and oxygen atoms in total. The van der Waals surface area contributed by atoms with Crippen molar-refractivity contribution in [2.45, 2.75) is 32.7 Å². The molecule has 2 aromatic rings. The summed E-state index contributed by atoms with van der Waals surface area (Å²) in [6.07, 6.45) is 1.17. The Bertz CT molecular complexity index is 608. The van der Waals surface area contributed by atoms with Crippen LogP contribution in [0.1, 0.15) is 34.7 Å². The normalized spacial score (nSPS) is 11.4. The van der Waals surface area contributed by atoms with Crippen molar-refractivity contribution in [2.24, 2.45) is 5.73 Å². The minimum atomic E-state index is -0.249. The fraction of sp³-hybridized carbons (Fsp3) is 0.316. The fourth-order valence-corrected chi connectivity index (χ4v) is 2.66. The van der Waals surface area contributed by atoms with Crippen LogP contribution in [0.2, 0.25) is 0 Å². The van der Waals surface area contributed by atoms with Gasteiger partial charge in [0.15, 0.2) is 0 Å². The van der Waals surface area contributed by atoms with Gasteiger partial charge in [-0.25, -0.2) is 0 Å². The smallest absolute Gasteiger partial charge is 0.221 e. The first kappa shape index (κ1) is 19.2. The molecule has 23 heavy (non-hydrogen) atoms. The van der Waals surface area contributed by atoms with Crippen molar-refractivity contribution in [3.05, 3.63) is 70.8 Å². The lowest BCUT2D eigenvalue weighted by molar-refractivity contribution is -0.121. The number of nitrogens with two attached hydrogens (primary N) is 1. The lowest BCUT2D eigenvalue weighted by Gasteiger charge is -2.13. The van der Waals surface area contributed by atoms with Crippen LogP contribution in [0.15, 0.2) is 48.5 Å². The molecule has 124 valence electrons. The summed E-state index contributed by atoms with van der Waals surface area (Å²) < 4.78 is 0. The monoisotopic (exact) mass is 332 g/mol. The van der Waals surface area contributed by atoms with Crippen molar-refractivity contribution in [1.82, 2.24) is 5.32 Å². The van der Waals surface area contributed by atoms with Crippen molar-refractivity contribution < 1.29 is 4.79 Å². The molecule has 0 saturated heterocycles. The van der Waals surface area contributed by atoms with Crippen LogP contribution >= 0.6 is 12.4 Å². The molecule has 1 atom stereocenters. The first-order chi connectivity index (χ1) is 10.6. The third-order valence-electron chi connectivity index (χ3n) is 3.97. The second-order valence-electron chi connectivity index (χ2n) is 5.69. The Morgan fingerprint density at radius 1 is 1.04 bits per heavy atom. The summed E-state index contributed by atoms with van der Waals surface area (Å²) in [5, 5.41) is 2.97. The number of benzene rings is 2. The lowest BCUT2D eigenvalue weighted by Crippen LogP contribution is -2.29. The van der Waals surface area contributed by atoms with Crippen LogP contribution in [-0.2, 0) is 11.2 Å². The number of hydrogen-bond acceptors (Lipinski definition) is 2. The van der Waals surface area contributed by atoms with Gasteiger partial charge in [0.1, 0.15) is 0 Å². The summed E-state index contributed by atoms with van der Waals surface area (Å²) in [5.41, 5.74) is 10.9. The van der Waals surface area contributed by atoms with Gasteiger partial charge < -0.3 is 11.1 Å². The average Bonchev–Trinajstić information content (AvgIpc) is 2.51. The maximum absolute atomic E-state index is 12.0. The Balaban J connectivity index is 0.00000264. The molecular formula is C19H25ClN2O. The third-order valence-corrected chi connectivity index (χ3v) is 3.97. The van der Waals surface area contributed by atoms with Gasteiger partial charge in [-0.15, -0.1) is 12.4 Å². The van der Waals surface area contributed by atoms with E-state index in [9.17, 15) is 4.79 Å². The van der Waals surface area contributed by atoms with Crippen molar-refractivity contribution in [1.29, 1.82) is 0 Å². The van der Waals surface area contributed by atoms with Gasteiger partial charge in [0, 0.05) is 19.0 Å². The lowest BCUT2D eigenvalue weighted by atomic mass is 10.00. The number of hydrogen-bond donors (Lipinski definition) is 2. The van der Waals surface area contributed by atoms with E-state index in [0.29, 0.717) is 13.0 Å². The van der Waals surface area contributed by atoms with E-state index in [4.69, 9.17) is 5.73 Å². The zero-order valence-corrected chi connectivity index (χ0v) is 14.5. The number of amides is 1. The zero-order valence-electron chi connectivity index (χ0n) is 13.7. The molecule has 2 rings (SSSR count). The number of rotatable bonds is 6. The Labute approximate surface area is 144 Å². The van der Waals surface area contributed by atoms with Crippen LogP contribution in [0.4, 0.5) is 0 Å². The predicted molar refractivity (Wildman–Crippen MR) is 97.9 cm³/mol. The van der Waals surface area contributed by atoms with E-state index in [1.54, 1.807) is 0 Å². The minimum Gasteiger partial charge on any atom is -0.356 e. The van der Waals surface area contributed by atoms with E-state index in [0.717, 1.165) is 12.0 Å². The maximum Gasteiger partial charge on any atom is 0.221 e. The van der Waals surface area contributed by atoms with E-state index in [1.165, 1.54) is 16.7 Å². The Hall–Kier alpha value is -1.84. The molecule has 1 amide bonds. The fourth-order valence-electron chi connectivity index (χ4n) is 2.66. The highest BCUT2D eigenvalue weighted by Crippen LogP contribution is 2.14. The first-order valence-electron chi connectivity index (χ1n) is 7.70. The molecule has 0 aliphatic rings. The Morgan fingerprint density at radius 2 is 1.65 bits per heavy atom. The van der Waals surface area contributed by atoms with E-state index in [1.807, 2.05) is 30.3 Å². The molecule has 0 heterocycles. The molecule has 0 radical (unpaired) electrons. The molecule has 0 saturated carbocycles. The van der Waals surface area contributed by atoms with E-state index in [-0.39, 0.29) is 24.4 Å². The van der Waals surface area contributed by atoms with Crippen molar-refractivity contribution in [3.63, 3.8) is 0 Å². The van der Waals surface area contributed by atoms with Gasteiger partial charge in [0.25, 0.3) is 0 Å². The van der Waals surface area contributed by atoms with Gasteiger partial charge in [0.2, 0.25) is 5.91 Å². The summed E-state index contributed by atoms with van der Waals surface area (Å²) >= 11 is 0. The van der Waals surface area contributed by atoms with Gasteiger partial charge in [-0.3, -0.25) is 4.79 Å². The molecule has 2 aromatic carbocycles. The molecule has 0 fully saturated rings. The summed E-state index contributed by atoms with van der Waals surface area (Å²) in [6, 6.07) is 15.8. The largest absolute Gasteiger partial charge is 0.356 e. The summed E-state index contributed by atoms with van der Waals surface area (Å²) in [5.74, 6) is 0.00240. The highest BCUT2D eigenvalue weighted by molar-refractivity contribution is 5.85. The van der Waals surface area contributed by atoms with Crippen LogP contribution in [-0.4, -0.2) is 12.5 Å². The van der Waals surface area contributed by atoms with E-state index >= 15 is 0 Å². The number of aryl methyl sites for hydroxylation is 2. The van der Waals surface area contributed by atoms with E-state index in [2.05, 4.69) is 37.4 Å². The van der Waals surface area contributed by atoms with Crippen molar-refractivity contribution in [2.75, 3.05) is 6.54 Å². The molecule has 0 spiro atoms. The molecule has 0 aliphatic carbocycles. The van der Waals surface area contributed by atoms with Crippen LogP contribution in [0.3, 0.4) is 0 Å². The number of carbonyl (C=O) groups is 1. The molecule has 0 aromatic heterocycles. The van der Waals surface area contributed by atoms with Crippen molar-refractivity contribution >= 4 is 18.3 Å². The van der Waals surface area contributed by atoms with Gasteiger partial charge in [0.05, 0.1) is 0 Å². The quantitative estimate of drug-likeness (QED) is 0.851. The summed E-state index contributed by atoms with van der Waals surface area (Å²) in [4.78, 5) is 12.0. The number of carbonyl (C=O) groups excluding carboxylic acids is 1. The maximum atomic E-state index is 12.0. The van der Waals surface area contributed by atoms with Gasteiger partial charge in [-0.2, -0.15) is 0 Å². The molecule has 0 bridgehead atoms. The standard InChI is InChI=1S/C19H24N2O.ClH/c1-14-7-6-8-15(2)17(14)11-12-21-19(22)13-18(20)16-9-4-3-5-10-16;/h3-10,18H,11-13,20H2,1-2H3,(H,21,22);1H. The minimum absolute atomic E-state index is 0. The first-order valence-corrected chi connectivity index (χ1v) is 7.70. The van der Waals surface area contributed by atoms with Gasteiger partial charge in [-0.1, -0.05) is 48.5 Å². The molecule has 3 N–H and O–H groups in total. The van der Waals surface area contributed by atoms with Crippen LogP contribution in [0, 0.1) is 13.8 Å². The van der Waals surface area contributed by atoms with Crippen LogP contribution < -0.4 is 11.1 Å². The predicted octanol–water partition coefficient (Wildman–Crippen LogP) is 3.47. The number of nitrogens with one attached hydrogen (secondary N) is 1. The van der Waals surface area contributed by atoms with Gasteiger partial charge >= 0.3 is 0 Å². The second kappa shape index (κ2) is 9.33. The number of halogens is 1. The average molecular weight is 333 g/mol. The highest BCUT2D eigenvalue weighted by Gasteiger charge is 2.11. The molecular weight excluding hydrogens is 308 g/mol. The Morgan fingerprint density at radius 3 is 2.26 bits per heavy atom. The second-order valence-corrected chi connectivity index (χ2v) is 5.69. The molecule has 4 heteroatoms. The van der Waals surface area contributed by atoms with E-state index < -0.39 is 0 Å². The van der Waals surface area contributed by atoms with Crippen LogP contribution in [0.25, 0.3) is 0 Å². The zero-order chi connectivity index (χ0) is 15.9. The van der Waals surface area contributed by atoms with Gasteiger partial charge in [-0.05, 0) is 42.5 Å². The SMILES string of the molecule is Cc1cccc(C)c1CCNC(=O)CC(N)c1ccccc1.Cl. The van der Waals surface area contributed by atoms with Crippen LogP contribution in [0.5, 0.6) is 0 Å². The third kappa shape index (κ3) is 5.70. The Kier molecular flexibility index (Phi) is 7.79. The van der Waals surface area contributed by atoms with Crippen molar-refractivity contribution in [3.8, 4) is 0 Å². The summed E-state index contributed by atoms with van der Waals surface area (Å²) in [6.45, 7) is 4.86. The molecule has 0 aliphatic heterocycles. The summed E-state index contributed by atoms with van der Waals surface area (Å²) in [7, 11) is 0. The highest BCUT2D eigenvalue weighted by atomic mass is 35.5. The topological polar surface area (TPSA) is 55.1 Å².